The van der Waals surface area contributed by atoms with Crippen LogP contribution in [-0.4, -0.2) is 61.2 Å². The number of rotatable bonds is 5. The van der Waals surface area contributed by atoms with E-state index in [1.54, 1.807) is 20.8 Å². The highest BCUT2D eigenvalue weighted by Gasteiger charge is 2.35. The topological polar surface area (TPSA) is 101 Å². The van der Waals surface area contributed by atoms with Crippen LogP contribution in [0, 0.1) is 5.92 Å². The number of amides is 1. The molecule has 2 atom stereocenters. The fourth-order valence-corrected chi connectivity index (χ4v) is 2.94. The Balaban J connectivity index is 5.10. The van der Waals surface area contributed by atoms with Crippen molar-refractivity contribution in [3.05, 3.63) is 0 Å². The van der Waals surface area contributed by atoms with Crippen LogP contribution in [0.3, 0.4) is 0 Å². The van der Waals surface area contributed by atoms with Crippen molar-refractivity contribution in [2.75, 3.05) is 19.1 Å². The fourth-order valence-electron chi connectivity index (χ4n) is 1.81. The quantitative estimate of drug-likeness (QED) is 0.812. The number of carboxylic acids is 1. The molecule has 7 nitrogen and oxygen atoms in total. The molecule has 0 aromatic rings. The second-order valence-electron chi connectivity index (χ2n) is 5.94. The van der Waals surface area contributed by atoms with Gasteiger partial charge < -0.3 is 9.84 Å². The average Bonchev–Trinajstić information content (AvgIpc) is 2.10. The molecule has 0 saturated carbocycles. The van der Waals surface area contributed by atoms with Gasteiger partial charge in [-0.2, -0.15) is 0 Å². The zero-order valence-corrected chi connectivity index (χ0v) is 13.5. The van der Waals surface area contributed by atoms with Gasteiger partial charge in [-0.05, 0) is 20.8 Å². The highest BCUT2D eigenvalue weighted by molar-refractivity contribution is 7.90. The van der Waals surface area contributed by atoms with Gasteiger partial charge in [0, 0.05) is 19.2 Å². The number of carbonyl (C=O) groups is 2. The molecule has 0 aromatic heterocycles. The lowest BCUT2D eigenvalue weighted by Crippen LogP contribution is -2.49. The number of hydrogen-bond acceptors (Lipinski definition) is 5. The Kier molecular flexibility index (Phi) is 6.01. The molecule has 0 aliphatic carbocycles. The first-order valence-corrected chi connectivity index (χ1v) is 8.17. The third-order valence-corrected chi connectivity index (χ3v) is 3.59. The van der Waals surface area contributed by atoms with Crippen molar-refractivity contribution in [3.63, 3.8) is 0 Å². The molecule has 1 N–H and O–H groups in total. The normalized spacial score (nSPS) is 15.3. The maximum atomic E-state index is 11.9. The van der Waals surface area contributed by atoms with Gasteiger partial charge in [-0.1, -0.05) is 6.92 Å². The summed E-state index contributed by atoms with van der Waals surface area (Å²) >= 11 is 0. The molecule has 0 aliphatic heterocycles. The van der Waals surface area contributed by atoms with Gasteiger partial charge in [0.15, 0.2) is 0 Å². The van der Waals surface area contributed by atoms with Crippen molar-refractivity contribution in [1.82, 2.24) is 4.90 Å². The van der Waals surface area contributed by atoms with Crippen molar-refractivity contribution in [2.45, 2.75) is 39.3 Å². The Morgan fingerprint density at radius 2 is 1.75 bits per heavy atom. The van der Waals surface area contributed by atoms with E-state index in [0.717, 1.165) is 11.2 Å². The lowest BCUT2D eigenvalue weighted by molar-refractivity contribution is -0.144. The lowest BCUT2D eigenvalue weighted by Gasteiger charge is -2.31. The highest BCUT2D eigenvalue weighted by atomic mass is 32.2. The summed E-state index contributed by atoms with van der Waals surface area (Å²) in [6.45, 7) is 6.46. The third kappa shape index (κ3) is 6.74. The van der Waals surface area contributed by atoms with Gasteiger partial charge >= 0.3 is 12.1 Å². The summed E-state index contributed by atoms with van der Waals surface area (Å²) in [6.07, 6.45) is 0.223. The number of hydrogen-bond donors (Lipinski definition) is 1. The molecule has 0 unspecified atom stereocenters. The van der Waals surface area contributed by atoms with Gasteiger partial charge in [-0.25, -0.2) is 18.0 Å². The molecule has 1 amide bonds. The minimum Gasteiger partial charge on any atom is -0.480 e. The molecule has 0 rings (SSSR count). The van der Waals surface area contributed by atoms with Crippen LogP contribution in [0.4, 0.5) is 4.79 Å². The molecule has 118 valence electrons. The first kappa shape index (κ1) is 18.7. The van der Waals surface area contributed by atoms with E-state index in [1.807, 2.05) is 0 Å². The van der Waals surface area contributed by atoms with E-state index >= 15 is 0 Å². The number of carbonyl (C=O) groups excluding carboxylic acids is 1. The van der Waals surface area contributed by atoms with E-state index in [1.165, 1.54) is 14.0 Å². The first-order chi connectivity index (χ1) is 8.74. The molecule has 0 saturated heterocycles. The largest absolute Gasteiger partial charge is 0.480 e. The summed E-state index contributed by atoms with van der Waals surface area (Å²) in [7, 11) is -2.05. The number of nitrogens with zero attached hydrogens (tertiary/aromatic N) is 1. The van der Waals surface area contributed by atoms with Gasteiger partial charge in [-0.15, -0.1) is 0 Å². The Hall–Kier alpha value is -1.31. The van der Waals surface area contributed by atoms with Crippen molar-refractivity contribution in [1.29, 1.82) is 0 Å². The third-order valence-electron chi connectivity index (χ3n) is 2.46. The van der Waals surface area contributed by atoms with E-state index in [-0.39, 0.29) is 5.75 Å². The summed E-state index contributed by atoms with van der Waals surface area (Å²) < 4.78 is 27.6. The molecule has 0 fully saturated rings. The maximum absolute atomic E-state index is 11.9. The molecule has 0 radical (unpaired) electrons. The molecule has 0 bridgehead atoms. The molecule has 0 heterocycles. The molecular formula is C12H23NO6S. The summed E-state index contributed by atoms with van der Waals surface area (Å²) in [5, 5.41) is 9.21. The minimum atomic E-state index is -3.34. The van der Waals surface area contributed by atoms with Gasteiger partial charge in [-0.3, -0.25) is 4.90 Å². The number of carboxylic acid groups (broad SMARTS) is 1. The number of sulfone groups is 1. The van der Waals surface area contributed by atoms with Gasteiger partial charge in [0.25, 0.3) is 0 Å². The zero-order chi connectivity index (χ0) is 16.3. The molecular weight excluding hydrogens is 286 g/mol. The van der Waals surface area contributed by atoms with Crippen LogP contribution in [-0.2, 0) is 19.4 Å². The lowest BCUT2D eigenvalue weighted by atomic mass is 10.0. The summed E-state index contributed by atoms with van der Waals surface area (Å²) in [5.74, 6) is -2.34. The summed E-state index contributed by atoms with van der Waals surface area (Å²) in [6, 6.07) is -1.26. The molecule has 0 aromatic carbocycles. The van der Waals surface area contributed by atoms with Crippen LogP contribution in [0.1, 0.15) is 27.7 Å². The highest BCUT2D eigenvalue weighted by Crippen LogP contribution is 2.16. The van der Waals surface area contributed by atoms with Gasteiger partial charge in [0.05, 0.1) is 5.75 Å². The van der Waals surface area contributed by atoms with E-state index in [4.69, 9.17) is 4.74 Å². The molecule has 0 spiro atoms. The van der Waals surface area contributed by atoms with Gasteiger partial charge in [0.1, 0.15) is 21.5 Å². The average molecular weight is 309 g/mol. The smallest absolute Gasteiger partial charge is 0.410 e. The summed E-state index contributed by atoms with van der Waals surface area (Å²) in [5.41, 5.74) is -0.755. The van der Waals surface area contributed by atoms with E-state index in [2.05, 4.69) is 0 Å². The van der Waals surface area contributed by atoms with Crippen LogP contribution in [0.2, 0.25) is 0 Å². The number of aliphatic carboxylic acids is 1. The molecule has 20 heavy (non-hydrogen) atoms. The van der Waals surface area contributed by atoms with Crippen molar-refractivity contribution < 1.29 is 27.9 Å². The Labute approximate surface area is 119 Å². The van der Waals surface area contributed by atoms with E-state index < -0.39 is 39.5 Å². The van der Waals surface area contributed by atoms with Gasteiger partial charge in [0.2, 0.25) is 0 Å². The monoisotopic (exact) mass is 309 g/mol. The second-order valence-corrected chi connectivity index (χ2v) is 8.13. The predicted octanol–water partition coefficient (Wildman–Crippen LogP) is 0.987. The Morgan fingerprint density at radius 3 is 2.05 bits per heavy atom. The standard InChI is InChI=1S/C12H23NO6S/c1-8(7-20(6,17)18)9(10(14)15)13(5)11(16)19-12(2,3)4/h8-9H,7H2,1-6H3,(H,14,15)/t8-,9+/m1/s1. The van der Waals surface area contributed by atoms with Crippen molar-refractivity contribution in [3.8, 4) is 0 Å². The van der Waals surface area contributed by atoms with Crippen LogP contribution in [0.15, 0.2) is 0 Å². The summed E-state index contributed by atoms with van der Waals surface area (Å²) in [4.78, 5) is 24.1. The number of likely N-dealkylation sites (N-methyl/N-ethyl adjacent to an activating group) is 1. The van der Waals surface area contributed by atoms with Crippen molar-refractivity contribution >= 4 is 21.9 Å². The Morgan fingerprint density at radius 1 is 1.30 bits per heavy atom. The zero-order valence-electron chi connectivity index (χ0n) is 12.7. The number of ether oxygens (including phenoxy) is 1. The van der Waals surface area contributed by atoms with Crippen molar-refractivity contribution in [2.24, 2.45) is 5.92 Å². The van der Waals surface area contributed by atoms with E-state index in [0.29, 0.717) is 0 Å². The SMILES string of the molecule is C[C@H](CS(C)(=O)=O)[C@@H](C(=O)O)N(C)C(=O)OC(C)(C)C. The second kappa shape index (κ2) is 6.43. The predicted molar refractivity (Wildman–Crippen MR) is 74.3 cm³/mol. The first-order valence-electron chi connectivity index (χ1n) is 6.11. The molecule has 0 aliphatic rings. The molecule has 8 heteroatoms. The van der Waals surface area contributed by atoms with Crippen LogP contribution in [0.5, 0.6) is 0 Å². The van der Waals surface area contributed by atoms with Crippen LogP contribution in [0.25, 0.3) is 0 Å². The Bertz CT molecular complexity index is 465. The van der Waals surface area contributed by atoms with Crippen LogP contribution < -0.4 is 0 Å². The minimum absolute atomic E-state index is 0.322. The van der Waals surface area contributed by atoms with E-state index in [9.17, 15) is 23.1 Å². The van der Waals surface area contributed by atoms with Crippen LogP contribution >= 0.6 is 0 Å². The maximum Gasteiger partial charge on any atom is 0.410 e. The fraction of sp³-hybridized carbons (Fsp3) is 0.833.